The van der Waals surface area contributed by atoms with E-state index in [0.717, 1.165) is 0 Å². The number of methoxy groups -OCH3 is 1. The Morgan fingerprint density at radius 3 is 2.70 bits per heavy atom. The van der Waals surface area contributed by atoms with Crippen molar-refractivity contribution in [3.05, 3.63) is 0 Å². The lowest BCUT2D eigenvalue weighted by molar-refractivity contribution is -0.132. The molecule has 20 heavy (non-hydrogen) atoms. The van der Waals surface area contributed by atoms with Crippen LogP contribution in [0.3, 0.4) is 0 Å². The maximum absolute atomic E-state index is 12.3. The molecule has 7 heteroatoms. The van der Waals surface area contributed by atoms with Gasteiger partial charge in [-0.25, -0.2) is 8.42 Å². The van der Waals surface area contributed by atoms with E-state index in [4.69, 9.17) is 4.74 Å². The molecule has 118 valence electrons. The van der Waals surface area contributed by atoms with Gasteiger partial charge in [0.15, 0.2) is 9.84 Å². The number of amides is 1. The largest absolute Gasteiger partial charge is 0.383 e. The van der Waals surface area contributed by atoms with Gasteiger partial charge in [-0.1, -0.05) is 13.8 Å². The van der Waals surface area contributed by atoms with E-state index >= 15 is 0 Å². The van der Waals surface area contributed by atoms with Crippen molar-refractivity contribution in [2.75, 3.05) is 44.9 Å². The number of hydrogen-bond donors (Lipinski definition) is 1. The lowest BCUT2D eigenvalue weighted by Gasteiger charge is -2.28. The van der Waals surface area contributed by atoms with Crippen LogP contribution in [0.4, 0.5) is 0 Å². The molecule has 1 rings (SSSR count). The summed E-state index contributed by atoms with van der Waals surface area (Å²) in [5, 5.41) is 3.11. The topological polar surface area (TPSA) is 75.7 Å². The van der Waals surface area contributed by atoms with Crippen LogP contribution in [0.25, 0.3) is 0 Å². The van der Waals surface area contributed by atoms with Crippen LogP contribution in [0.5, 0.6) is 0 Å². The molecule has 0 aromatic heterocycles. The van der Waals surface area contributed by atoms with Crippen molar-refractivity contribution in [2.45, 2.75) is 26.3 Å². The van der Waals surface area contributed by atoms with E-state index in [-0.39, 0.29) is 29.9 Å². The van der Waals surface area contributed by atoms with Crippen molar-refractivity contribution in [3.8, 4) is 0 Å². The zero-order valence-corrected chi connectivity index (χ0v) is 13.4. The fourth-order valence-corrected chi connectivity index (χ4v) is 3.74. The van der Waals surface area contributed by atoms with Crippen molar-refractivity contribution in [3.63, 3.8) is 0 Å². The molecular weight excluding hydrogens is 280 g/mol. The van der Waals surface area contributed by atoms with Gasteiger partial charge in [-0.05, 0) is 5.92 Å². The third-order valence-electron chi connectivity index (χ3n) is 3.23. The average Bonchev–Trinajstić information content (AvgIpc) is 2.32. The Morgan fingerprint density at radius 2 is 2.15 bits per heavy atom. The number of nitrogens with zero attached hydrogens (tertiary/aromatic N) is 1. The van der Waals surface area contributed by atoms with Gasteiger partial charge in [0.2, 0.25) is 5.91 Å². The minimum atomic E-state index is -3.00. The van der Waals surface area contributed by atoms with Gasteiger partial charge in [-0.3, -0.25) is 4.79 Å². The second kappa shape index (κ2) is 7.95. The number of carbonyl (C=O) groups excluding carboxylic acids is 1. The monoisotopic (exact) mass is 306 g/mol. The Kier molecular flexibility index (Phi) is 6.91. The fraction of sp³-hybridized carbons (Fsp3) is 0.923. The number of carbonyl (C=O) groups is 1. The second-order valence-corrected chi connectivity index (χ2v) is 7.92. The van der Waals surface area contributed by atoms with Crippen molar-refractivity contribution in [1.29, 1.82) is 0 Å². The quantitative estimate of drug-likeness (QED) is 0.710. The van der Waals surface area contributed by atoms with Gasteiger partial charge in [-0.15, -0.1) is 0 Å². The van der Waals surface area contributed by atoms with Gasteiger partial charge in [0.1, 0.15) is 0 Å². The smallest absolute Gasteiger partial charge is 0.224 e. The molecule has 1 amide bonds. The average molecular weight is 306 g/mol. The number of hydrogen-bond acceptors (Lipinski definition) is 5. The van der Waals surface area contributed by atoms with Crippen molar-refractivity contribution in [1.82, 2.24) is 10.2 Å². The summed E-state index contributed by atoms with van der Waals surface area (Å²) in [6.45, 7) is 6.25. The number of sulfone groups is 1. The second-order valence-electron chi connectivity index (χ2n) is 5.70. The molecule has 1 saturated heterocycles. The van der Waals surface area contributed by atoms with Crippen LogP contribution in [-0.4, -0.2) is 70.1 Å². The van der Waals surface area contributed by atoms with Gasteiger partial charge >= 0.3 is 0 Å². The van der Waals surface area contributed by atoms with Crippen LogP contribution >= 0.6 is 0 Å². The molecule has 1 fully saturated rings. The van der Waals surface area contributed by atoms with Crippen LogP contribution in [0.2, 0.25) is 0 Å². The molecule has 6 nitrogen and oxygen atoms in total. The standard InChI is InChI=1S/C13H26N2O4S/c1-11(2)9-15(5-6-19-3)13(16)8-12-10-20(17,18)7-4-14-12/h11-12,14H,4-10H2,1-3H3. The van der Waals surface area contributed by atoms with E-state index < -0.39 is 9.84 Å². The Labute approximate surface area is 121 Å². The van der Waals surface area contributed by atoms with Gasteiger partial charge < -0.3 is 15.0 Å². The molecule has 0 spiro atoms. The molecule has 0 radical (unpaired) electrons. The molecule has 0 aliphatic carbocycles. The Bertz CT molecular complexity index is 409. The minimum absolute atomic E-state index is 0.00894. The molecule has 0 bridgehead atoms. The van der Waals surface area contributed by atoms with Crippen LogP contribution in [-0.2, 0) is 19.4 Å². The van der Waals surface area contributed by atoms with E-state index in [1.165, 1.54) is 0 Å². The normalized spacial score (nSPS) is 21.9. The van der Waals surface area contributed by atoms with Crippen LogP contribution in [0.1, 0.15) is 20.3 Å². The number of rotatable bonds is 7. The van der Waals surface area contributed by atoms with Gasteiger partial charge in [0, 0.05) is 39.2 Å². The summed E-state index contributed by atoms with van der Waals surface area (Å²) in [5.41, 5.74) is 0. The molecular formula is C13H26N2O4S. The maximum Gasteiger partial charge on any atom is 0.224 e. The molecule has 0 aromatic carbocycles. The Hall–Kier alpha value is -0.660. The molecule has 1 aliphatic heterocycles. The van der Waals surface area contributed by atoms with Crippen molar-refractivity contribution >= 4 is 15.7 Å². The van der Waals surface area contributed by atoms with Gasteiger partial charge in [-0.2, -0.15) is 0 Å². The summed E-state index contributed by atoms with van der Waals surface area (Å²) in [6.07, 6.45) is 0.232. The van der Waals surface area contributed by atoms with Gasteiger partial charge in [0.05, 0.1) is 18.1 Å². The first kappa shape index (κ1) is 17.4. The third kappa shape index (κ3) is 6.19. The predicted molar refractivity (Wildman–Crippen MR) is 78.4 cm³/mol. The SMILES string of the molecule is COCCN(CC(C)C)C(=O)CC1CS(=O)(=O)CCN1. The third-order valence-corrected chi connectivity index (χ3v) is 4.96. The molecule has 1 unspecified atom stereocenters. The highest BCUT2D eigenvalue weighted by Crippen LogP contribution is 2.09. The van der Waals surface area contributed by atoms with E-state index in [1.807, 2.05) is 0 Å². The highest BCUT2D eigenvalue weighted by Gasteiger charge is 2.27. The summed E-state index contributed by atoms with van der Waals surface area (Å²) in [6, 6.07) is -0.265. The Balaban J connectivity index is 2.55. The lowest BCUT2D eigenvalue weighted by Crippen LogP contribution is -2.48. The molecule has 1 N–H and O–H groups in total. The number of nitrogens with one attached hydrogen (secondary N) is 1. The van der Waals surface area contributed by atoms with E-state index in [9.17, 15) is 13.2 Å². The summed E-state index contributed by atoms with van der Waals surface area (Å²) in [7, 11) is -1.40. The highest BCUT2D eigenvalue weighted by molar-refractivity contribution is 7.91. The summed E-state index contributed by atoms with van der Waals surface area (Å²) in [4.78, 5) is 14.1. The maximum atomic E-state index is 12.3. The molecule has 1 aliphatic rings. The first-order chi connectivity index (χ1) is 9.34. The van der Waals surface area contributed by atoms with Crippen LogP contribution in [0, 0.1) is 5.92 Å². The van der Waals surface area contributed by atoms with Crippen LogP contribution in [0.15, 0.2) is 0 Å². The summed E-state index contributed by atoms with van der Waals surface area (Å²) >= 11 is 0. The first-order valence-electron chi connectivity index (χ1n) is 7.04. The zero-order chi connectivity index (χ0) is 15.2. The summed E-state index contributed by atoms with van der Waals surface area (Å²) in [5.74, 6) is 0.583. The Morgan fingerprint density at radius 1 is 1.45 bits per heavy atom. The lowest BCUT2D eigenvalue weighted by atomic mass is 10.1. The molecule has 1 heterocycles. The summed E-state index contributed by atoms with van der Waals surface area (Å²) < 4.78 is 28.2. The van der Waals surface area contributed by atoms with E-state index in [0.29, 0.717) is 32.2 Å². The number of ether oxygens (including phenoxy) is 1. The first-order valence-corrected chi connectivity index (χ1v) is 8.86. The highest BCUT2D eigenvalue weighted by atomic mass is 32.2. The molecule has 0 saturated carbocycles. The van der Waals surface area contributed by atoms with E-state index in [1.54, 1.807) is 12.0 Å². The van der Waals surface area contributed by atoms with Crippen molar-refractivity contribution < 1.29 is 17.9 Å². The minimum Gasteiger partial charge on any atom is -0.383 e. The van der Waals surface area contributed by atoms with Crippen molar-refractivity contribution in [2.24, 2.45) is 5.92 Å². The fourth-order valence-electron chi connectivity index (χ4n) is 2.30. The zero-order valence-electron chi connectivity index (χ0n) is 12.6. The molecule has 0 aromatic rings. The van der Waals surface area contributed by atoms with E-state index in [2.05, 4.69) is 19.2 Å². The van der Waals surface area contributed by atoms with Crippen LogP contribution < -0.4 is 5.32 Å². The van der Waals surface area contributed by atoms with Gasteiger partial charge in [0.25, 0.3) is 0 Å². The predicted octanol–water partition coefficient (Wildman–Crippen LogP) is -0.106. The molecule has 1 atom stereocenters.